The number of rotatable bonds is 3. The van der Waals surface area contributed by atoms with Crippen LogP contribution < -0.4 is 10.1 Å². The van der Waals surface area contributed by atoms with E-state index in [0.717, 1.165) is 30.0 Å². The number of allylic oxidation sites excluding steroid dienone is 2. The van der Waals surface area contributed by atoms with Crippen molar-refractivity contribution in [1.29, 1.82) is 0 Å². The fraction of sp³-hybridized carbons (Fsp3) is 0.308. The van der Waals surface area contributed by atoms with E-state index in [1.165, 1.54) is 0 Å². The van der Waals surface area contributed by atoms with E-state index in [0.29, 0.717) is 6.42 Å². The Hall–Kier alpha value is -1.77. The minimum atomic E-state index is 0.210. The number of nitrogens with one attached hydrogen (secondary N) is 1. The topological polar surface area (TPSA) is 38.3 Å². The van der Waals surface area contributed by atoms with Gasteiger partial charge in [0.25, 0.3) is 0 Å². The fourth-order valence-corrected chi connectivity index (χ4v) is 1.75. The van der Waals surface area contributed by atoms with Crippen molar-refractivity contribution in [2.24, 2.45) is 0 Å². The largest absolute Gasteiger partial charge is 0.497 e. The number of carbonyl (C=O) groups is 1. The third-order valence-corrected chi connectivity index (χ3v) is 2.60. The average Bonchev–Trinajstić information content (AvgIpc) is 2.30. The number of anilines is 1. The number of ether oxygens (including phenoxy) is 1. The molecule has 0 amide bonds. The number of carbonyl (C=O) groups excluding carboxylic acids is 1. The molecule has 1 N–H and O–H groups in total. The molecule has 0 saturated heterocycles. The molecular formula is C13H15NO2. The van der Waals surface area contributed by atoms with Gasteiger partial charge in [-0.3, -0.25) is 4.79 Å². The number of ketones is 1. The highest BCUT2D eigenvalue weighted by Gasteiger charge is 2.09. The van der Waals surface area contributed by atoms with E-state index in [-0.39, 0.29) is 5.78 Å². The minimum Gasteiger partial charge on any atom is -0.497 e. The van der Waals surface area contributed by atoms with E-state index in [9.17, 15) is 4.79 Å². The number of hydrogen-bond donors (Lipinski definition) is 1. The maximum Gasteiger partial charge on any atom is 0.157 e. The highest BCUT2D eigenvalue weighted by molar-refractivity contribution is 5.91. The summed E-state index contributed by atoms with van der Waals surface area (Å²) < 4.78 is 5.08. The third kappa shape index (κ3) is 2.63. The van der Waals surface area contributed by atoms with Crippen molar-refractivity contribution in [1.82, 2.24) is 0 Å². The Bertz CT molecular complexity index is 406. The SMILES string of the molecule is COc1ccc(NC2=CC(=O)CCC2)cc1. The van der Waals surface area contributed by atoms with E-state index in [1.54, 1.807) is 13.2 Å². The van der Waals surface area contributed by atoms with Crippen LogP contribution >= 0.6 is 0 Å². The molecule has 0 unspecified atom stereocenters. The van der Waals surface area contributed by atoms with E-state index < -0.39 is 0 Å². The van der Waals surface area contributed by atoms with Crippen LogP contribution in [0.1, 0.15) is 19.3 Å². The molecule has 1 aliphatic carbocycles. The standard InChI is InChI=1S/C13H15NO2/c1-16-13-7-5-10(6-8-13)14-11-3-2-4-12(15)9-11/h5-9,14H,2-4H2,1H3. The molecule has 0 radical (unpaired) electrons. The Kier molecular flexibility index (Phi) is 3.25. The van der Waals surface area contributed by atoms with Gasteiger partial charge >= 0.3 is 0 Å². The molecule has 0 saturated carbocycles. The molecule has 2 rings (SSSR count). The summed E-state index contributed by atoms with van der Waals surface area (Å²) in [6.07, 6.45) is 4.26. The molecule has 84 valence electrons. The van der Waals surface area contributed by atoms with Gasteiger partial charge in [0, 0.05) is 23.9 Å². The van der Waals surface area contributed by atoms with E-state index in [1.807, 2.05) is 24.3 Å². The molecule has 0 aromatic heterocycles. The zero-order valence-electron chi connectivity index (χ0n) is 9.32. The normalized spacial score (nSPS) is 15.6. The highest BCUT2D eigenvalue weighted by atomic mass is 16.5. The van der Waals surface area contributed by atoms with Crippen molar-refractivity contribution in [2.75, 3.05) is 12.4 Å². The quantitative estimate of drug-likeness (QED) is 0.846. The zero-order chi connectivity index (χ0) is 11.4. The van der Waals surface area contributed by atoms with Crippen LogP contribution in [0.3, 0.4) is 0 Å². The van der Waals surface area contributed by atoms with Crippen LogP contribution in [0.25, 0.3) is 0 Å². The molecule has 3 heteroatoms. The van der Waals surface area contributed by atoms with Crippen LogP contribution in [0.2, 0.25) is 0 Å². The van der Waals surface area contributed by atoms with E-state index in [4.69, 9.17) is 4.74 Å². The summed E-state index contributed by atoms with van der Waals surface area (Å²) in [6.45, 7) is 0. The summed E-state index contributed by atoms with van der Waals surface area (Å²) in [6, 6.07) is 7.68. The second-order valence-corrected chi connectivity index (χ2v) is 3.84. The molecule has 3 nitrogen and oxygen atoms in total. The van der Waals surface area contributed by atoms with Gasteiger partial charge in [0.1, 0.15) is 5.75 Å². The first-order chi connectivity index (χ1) is 7.78. The Morgan fingerprint density at radius 2 is 1.94 bits per heavy atom. The Balaban J connectivity index is 2.05. The molecular weight excluding hydrogens is 202 g/mol. The van der Waals surface area contributed by atoms with Crippen molar-refractivity contribution in [3.05, 3.63) is 36.0 Å². The van der Waals surface area contributed by atoms with Crippen LogP contribution in [-0.2, 0) is 4.79 Å². The molecule has 1 aromatic rings. The Labute approximate surface area is 95.1 Å². The molecule has 0 aliphatic heterocycles. The van der Waals surface area contributed by atoms with Crippen LogP contribution in [0.4, 0.5) is 5.69 Å². The van der Waals surface area contributed by atoms with Crippen molar-refractivity contribution in [2.45, 2.75) is 19.3 Å². The molecule has 0 heterocycles. The zero-order valence-corrected chi connectivity index (χ0v) is 9.32. The predicted octanol–water partition coefficient (Wildman–Crippen LogP) is 2.74. The first kappa shape index (κ1) is 10.7. The second kappa shape index (κ2) is 4.84. The number of methoxy groups -OCH3 is 1. The molecule has 0 atom stereocenters. The lowest BCUT2D eigenvalue weighted by Crippen LogP contribution is -2.08. The number of hydrogen-bond acceptors (Lipinski definition) is 3. The van der Waals surface area contributed by atoms with Crippen LogP contribution in [0, 0.1) is 0 Å². The smallest absolute Gasteiger partial charge is 0.157 e. The lowest BCUT2D eigenvalue weighted by atomic mass is 10.0. The summed E-state index contributed by atoms with van der Waals surface area (Å²) in [4.78, 5) is 11.2. The van der Waals surface area contributed by atoms with Crippen LogP contribution in [-0.4, -0.2) is 12.9 Å². The van der Waals surface area contributed by atoms with Crippen molar-refractivity contribution in [3.8, 4) is 5.75 Å². The van der Waals surface area contributed by atoms with Crippen LogP contribution in [0.15, 0.2) is 36.0 Å². The monoisotopic (exact) mass is 217 g/mol. The van der Waals surface area contributed by atoms with Gasteiger partial charge in [0.05, 0.1) is 7.11 Å². The molecule has 16 heavy (non-hydrogen) atoms. The molecule has 0 spiro atoms. The fourth-order valence-electron chi connectivity index (χ4n) is 1.75. The van der Waals surface area contributed by atoms with Gasteiger partial charge in [0.2, 0.25) is 0 Å². The molecule has 1 aromatic carbocycles. The summed E-state index contributed by atoms with van der Waals surface area (Å²) >= 11 is 0. The molecule has 0 bridgehead atoms. The lowest BCUT2D eigenvalue weighted by Gasteiger charge is -2.14. The Morgan fingerprint density at radius 3 is 2.56 bits per heavy atom. The predicted molar refractivity (Wildman–Crippen MR) is 63.6 cm³/mol. The Morgan fingerprint density at radius 1 is 1.19 bits per heavy atom. The van der Waals surface area contributed by atoms with Gasteiger partial charge in [-0.1, -0.05) is 0 Å². The van der Waals surface area contributed by atoms with Gasteiger partial charge in [-0.2, -0.15) is 0 Å². The summed E-state index contributed by atoms with van der Waals surface area (Å²) in [5.41, 5.74) is 1.99. The third-order valence-electron chi connectivity index (χ3n) is 2.60. The van der Waals surface area contributed by atoms with Crippen molar-refractivity contribution >= 4 is 11.5 Å². The van der Waals surface area contributed by atoms with E-state index in [2.05, 4.69) is 5.32 Å². The molecule has 0 fully saturated rings. The number of benzene rings is 1. The van der Waals surface area contributed by atoms with Crippen LogP contribution in [0.5, 0.6) is 5.75 Å². The van der Waals surface area contributed by atoms with E-state index >= 15 is 0 Å². The average molecular weight is 217 g/mol. The van der Waals surface area contributed by atoms with Gasteiger partial charge in [-0.05, 0) is 37.1 Å². The second-order valence-electron chi connectivity index (χ2n) is 3.84. The summed E-state index contributed by atoms with van der Waals surface area (Å²) in [5.74, 6) is 1.04. The van der Waals surface area contributed by atoms with Gasteiger partial charge in [-0.25, -0.2) is 0 Å². The first-order valence-electron chi connectivity index (χ1n) is 5.42. The molecule has 1 aliphatic rings. The van der Waals surface area contributed by atoms with Crippen molar-refractivity contribution < 1.29 is 9.53 Å². The van der Waals surface area contributed by atoms with Gasteiger partial charge in [0.15, 0.2) is 5.78 Å². The van der Waals surface area contributed by atoms with Crippen molar-refractivity contribution in [3.63, 3.8) is 0 Å². The minimum absolute atomic E-state index is 0.210. The lowest BCUT2D eigenvalue weighted by molar-refractivity contribution is -0.115. The maximum atomic E-state index is 11.2. The first-order valence-corrected chi connectivity index (χ1v) is 5.42. The highest BCUT2D eigenvalue weighted by Crippen LogP contribution is 2.20. The summed E-state index contributed by atoms with van der Waals surface area (Å²) in [7, 11) is 1.64. The maximum absolute atomic E-state index is 11.2. The van der Waals surface area contributed by atoms with Gasteiger partial charge < -0.3 is 10.1 Å². The van der Waals surface area contributed by atoms with Gasteiger partial charge in [-0.15, -0.1) is 0 Å². The summed E-state index contributed by atoms with van der Waals surface area (Å²) in [5, 5.41) is 3.25.